The van der Waals surface area contributed by atoms with Crippen molar-refractivity contribution in [3.63, 3.8) is 0 Å². The first kappa shape index (κ1) is 12.6. The lowest BCUT2D eigenvalue weighted by molar-refractivity contribution is 0.231. The number of nitrogens with two attached hydrogens (primary N) is 1. The molecule has 0 radical (unpaired) electrons. The van der Waals surface area contributed by atoms with Crippen molar-refractivity contribution < 1.29 is 0 Å². The van der Waals surface area contributed by atoms with Crippen LogP contribution in [0.3, 0.4) is 0 Å². The van der Waals surface area contributed by atoms with Gasteiger partial charge in [-0.05, 0) is 38.7 Å². The van der Waals surface area contributed by atoms with Crippen LogP contribution < -0.4 is 5.73 Å². The van der Waals surface area contributed by atoms with E-state index in [1.807, 2.05) is 0 Å². The largest absolute Gasteiger partial charge is 0.325 e. The molecule has 0 bridgehead atoms. The van der Waals surface area contributed by atoms with Gasteiger partial charge in [-0.2, -0.15) is 5.10 Å². The monoisotopic (exact) mass is 235 g/mol. The Hall–Kier alpha value is -0.830. The summed E-state index contributed by atoms with van der Waals surface area (Å²) in [5.41, 5.74) is 8.98. The summed E-state index contributed by atoms with van der Waals surface area (Å²) in [4.78, 5) is 0. The highest BCUT2D eigenvalue weighted by Crippen LogP contribution is 2.32. The van der Waals surface area contributed by atoms with Gasteiger partial charge < -0.3 is 5.73 Å². The topological polar surface area (TPSA) is 43.8 Å². The molecular weight excluding hydrogens is 210 g/mol. The minimum absolute atomic E-state index is 0.00292. The van der Waals surface area contributed by atoms with Gasteiger partial charge >= 0.3 is 0 Å². The van der Waals surface area contributed by atoms with Crippen LogP contribution in [0.5, 0.6) is 0 Å². The minimum atomic E-state index is -0.00292. The molecule has 2 N–H and O–H groups in total. The fraction of sp³-hybridized carbons (Fsp3) is 0.786. The van der Waals surface area contributed by atoms with Crippen LogP contribution in [0.2, 0.25) is 0 Å². The Morgan fingerprint density at radius 1 is 1.59 bits per heavy atom. The Morgan fingerprint density at radius 3 is 3.00 bits per heavy atom. The van der Waals surface area contributed by atoms with Crippen LogP contribution in [-0.2, 0) is 13.0 Å². The molecule has 2 rings (SSSR count). The van der Waals surface area contributed by atoms with Gasteiger partial charge in [-0.15, -0.1) is 0 Å². The number of nitrogens with zero attached hydrogens (tertiary/aromatic N) is 2. The van der Waals surface area contributed by atoms with Crippen LogP contribution >= 0.6 is 0 Å². The van der Waals surface area contributed by atoms with Crippen LogP contribution in [0.25, 0.3) is 0 Å². The van der Waals surface area contributed by atoms with Crippen LogP contribution in [0.1, 0.15) is 50.9 Å². The molecule has 1 aromatic rings. The zero-order chi connectivity index (χ0) is 12.5. The first-order valence-electron chi connectivity index (χ1n) is 6.84. The maximum absolute atomic E-state index is 6.57. The third kappa shape index (κ3) is 2.89. The van der Waals surface area contributed by atoms with E-state index >= 15 is 0 Å². The third-order valence-electron chi connectivity index (χ3n) is 3.94. The number of hydrogen-bond acceptors (Lipinski definition) is 2. The van der Waals surface area contributed by atoms with E-state index in [-0.39, 0.29) is 5.54 Å². The van der Waals surface area contributed by atoms with E-state index < -0.39 is 0 Å². The van der Waals surface area contributed by atoms with Gasteiger partial charge in [-0.25, -0.2) is 0 Å². The van der Waals surface area contributed by atoms with Crippen molar-refractivity contribution >= 4 is 0 Å². The van der Waals surface area contributed by atoms with Crippen LogP contribution in [0, 0.1) is 12.8 Å². The van der Waals surface area contributed by atoms with E-state index in [0.29, 0.717) is 0 Å². The number of hydrogen-bond donors (Lipinski definition) is 1. The second-order valence-corrected chi connectivity index (χ2v) is 5.83. The van der Waals surface area contributed by atoms with Gasteiger partial charge in [0.15, 0.2) is 0 Å². The van der Waals surface area contributed by atoms with Gasteiger partial charge in [0, 0.05) is 24.2 Å². The summed E-state index contributed by atoms with van der Waals surface area (Å²) in [7, 11) is 0. The standard InChI is InChI=1S/C14H25N3/c1-4-17-13(8-12(3)16-17)10-14(15)7-5-6-11(2)9-14/h8,11H,4-7,9-10,15H2,1-3H3. The zero-order valence-electron chi connectivity index (χ0n) is 11.4. The SMILES string of the molecule is CCn1nc(C)cc1CC1(N)CCCC(C)C1. The number of aromatic nitrogens is 2. The fourth-order valence-electron chi connectivity index (χ4n) is 3.24. The first-order valence-corrected chi connectivity index (χ1v) is 6.84. The lowest BCUT2D eigenvalue weighted by Gasteiger charge is -2.36. The van der Waals surface area contributed by atoms with Gasteiger partial charge in [0.1, 0.15) is 0 Å². The molecular formula is C14H25N3. The number of rotatable bonds is 3. The average molecular weight is 235 g/mol. The van der Waals surface area contributed by atoms with Crippen LogP contribution in [0.15, 0.2) is 6.07 Å². The molecule has 0 aromatic carbocycles. The van der Waals surface area contributed by atoms with E-state index in [1.54, 1.807) is 0 Å². The summed E-state index contributed by atoms with van der Waals surface area (Å²) in [6.07, 6.45) is 5.90. The molecule has 1 fully saturated rings. The maximum Gasteiger partial charge on any atom is 0.0596 e. The van der Waals surface area contributed by atoms with Gasteiger partial charge in [0.2, 0.25) is 0 Å². The van der Waals surface area contributed by atoms with Crippen molar-refractivity contribution in [2.45, 2.75) is 65.0 Å². The highest BCUT2D eigenvalue weighted by atomic mass is 15.3. The molecule has 0 aliphatic heterocycles. The third-order valence-corrected chi connectivity index (χ3v) is 3.94. The molecule has 2 atom stereocenters. The van der Waals surface area contributed by atoms with Crippen molar-refractivity contribution in [1.29, 1.82) is 0 Å². The van der Waals surface area contributed by atoms with Gasteiger partial charge in [-0.1, -0.05) is 19.8 Å². The maximum atomic E-state index is 6.57. The summed E-state index contributed by atoms with van der Waals surface area (Å²) < 4.78 is 2.10. The Labute approximate surface area is 104 Å². The van der Waals surface area contributed by atoms with E-state index in [2.05, 4.69) is 36.6 Å². The summed E-state index contributed by atoms with van der Waals surface area (Å²) in [5, 5.41) is 4.51. The zero-order valence-corrected chi connectivity index (χ0v) is 11.4. The second kappa shape index (κ2) is 4.81. The minimum Gasteiger partial charge on any atom is -0.325 e. The molecule has 1 saturated carbocycles. The van der Waals surface area contributed by atoms with Crippen molar-refractivity contribution in [2.75, 3.05) is 0 Å². The van der Waals surface area contributed by atoms with Crippen molar-refractivity contribution in [2.24, 2.45) is 11.7 Å². The molecule has 3 heteroatoms. The van der Waals surface area contributed by atoms with Gasteiger partial charge in [-0.3, -0.25) is 4.68 Å². The Morgan fingerprint density at radius 2 is 2.35 bits per heavy atom. The Balaban J connectivity index is 2.13. The highest BCUT2D eigenvalue weighted by molar-refractivity contribution is 5.13. The molecule has 2 unspecified atom stereocenters. The predicted molar refractivity (Wildman–Crippen MR) is 70.9 cm³/mol. The Bertz CT molecular complexity index is 383. The van der Waals surface area contributed by atoms with E-state index in [4.69, 9.17) is 5.73 Å². The molecule has 0 saturated heterocycles. The molecule has 1 aliphatic carbocycles. The normalized spacial score (nSPS) is 29.5. The molecule has 0 amide bonds. The summed E-state index contributed by atoms with van der Waals surface area (Å²) in [6.45, 7) is 7.46. The summed E-state index contributed by atoms with van der Waals surface area (Å²) >= 11 is 0. The quantitative estimate of drug-likeness (QED) is 0.875. The summed E-state index contributed by atoms with van der Waals surface area (Å²) in [5.74, 6) is 0.771. The van der Waals surface area contributed by atoms with E-state index in [9.17, 15) is 0 Å². The second-order valence-electron chi connectivity index (χ2n) is 5.83. The average Bonchev–Trinajstić information content (AvgIpc) is 2.57. The van der Waals surface area contributed by atoms with Gasteiger partial charge in [0.05, 0.1) is 5.69 Å². The molecule has 1 aliphatic rings. The molecule has 17 heavy (non-hydrogen) atoms. The molecule has 96 valence electrons. The van der Waals surface area contributed by atoms with Crippen molar-refractivity contribution in [3.05, 3.63) is 17.5 Å². The first-order chi connectivity index (χ1) is 8.02. The molecule has 1 aromatic heterocycles. The van der Waals surface area contributed by atoms with Crippen molar-refractivity contribution in [1.82, 2.24) is 9.78 Å². The lowest BCUT2D eigenvalue weighted by atomic mass is 9.74. The van der Waals surface area contributed by atoms with Crippen LogP contribution in [-0.4, -0.2) is 15.3 Å². The van der Waals surface area contributed by atoms with E-state index in [0.717, 1.165) is 37.4 Å². The predicted octanol–water partition coefficient (Wildman–Crippen LogP) is 2.66. The Kier molecular flexibility index (Phi) is 3.57. The molecule has 3 nitrogen and oxygen atoms in total. The highest BCUT2D eigenvalue weighted by Gasteiger charge is 2.32. The number of aryl methyl sites for hydroxylation is 2. The van der Waals surface area contributed by atoms with E-state index in [1.165, 1.54) is 18.5 Å². The van der Waals surface area contributed by atoms with Gasteiger partial charge in [0.25, 0.3) is 0 Å². The molecule has 1 heterocycles. The fourth-order valence-corrected chi connectivity index (χ4v) is 3.24. The smallest absolute Gasteiger partial charge is 0.0596 e. The van der Waals surface area contributed by atoms with Crippen molar-refractivity contribution in [3.8, 4) is 0 Å². The van der Waals surface area contributed by atoms with Crippen LogP contribution in [0.4, 0.5) is 0 Å². The summed E-state index contributed by atoms with van der Waals surface area (Å²) in [6, 6.07) is 2.19. The molecule has 0 spiro atoms. The lowest BCUT2D eigenvalue weighted by Crippen LogP contribution is -2.46.